The second-order valence-electron chi connectivity index (χ2n) is 16.4. The number of fused-ring (bicyclic) bond motifs is 3. The van der Waals surface area contributed by atoms with E-state index in [9.17, 15) is 0 Å². The Kier molecular flexibility index (Phi) is 16.6. The van der Waals surface area contributed by atoms with E-state index in [0.717, 1.165) is 6.42 Å². The number of allylic oxidation sites excluding steroid dienone is 4. The molecule has 50 heavy (non-hydrogen) atoms. The van der Waals surface area contributed by atoms with Gasteiger partial charge in [0.2, 0.25) is 0 Å². The normalized spacial score (nSPS) is 14.4. The fraction of sp³-hybridized carbons (Fsp3) is 0.383. The molecule has 0 N–H and O–H groups in total. The third-order valence-electron chi connectivity index (χ3n) is 9.16. The molecule has 2 aliphatic carbocycles. The van der Waals surface area contributed by atoms with Crippen LogP contribution in [0.1, 0.15) is 122 Å². The quantitative estimate of drug-likeness (QED) is 0.177. The minimum absolute atomic E-state index is 0. The van der Waals surface area contributed by atoms with E-state index in [1.165, 1.54) is 96.8 Å². The summed E-state index contributed by atoms with van der Waals surface area (Å²) >= 11 is 1.46. The average Bonchev–Trinajstić information content (AvgIpc) is 3.68. The van der Waals surface area contributed by atoms with Gasteiger partial charge in [0.1, 0.15) is 0 Å². The van der Waals surface area contributed by atoms with Gasteiger partial charge in [-0.15, -0.1) is 11.1 Å². The number of halogens is 2. The van der Waals surface area contributed by atoms with Crippen LogP contribution in [-0.2, 0) is 41.5 Å². The van der Waals surface area contributed by atoms with Crippen LogP contribution in [0.3, 0.4) is 0 Å². The molecule has 2 aliphatic rings. The molecule has 0 aliphatic heterocycles. The molecule has 4 aromatic rings. The molecular formula is C47H56Cl2Zr-2. The van der Waals surface area contributed by atoms with Crippen molar-refractivity contribution in [2.24, 2.45) is 11.3 Å². The minimum atomic E-state index is 0. The zero-order chi connectivity index (χ0) is 35.1. The number of hydrogen-bond donors (Lipinski definition) is 0. The predicted molar refractivity (Wildman–Crippen MR) is 205 cm³/mol. The van der Waals surface area contributed by atoms with Crippen LogP contribution in [0.5, 0.6) is 0 Å². The first-order valence-electron chi connectivity index (χ1n) is 17.8. The Morgan fingerprint density at radius 1 is 0.700 bits per heavy atom. The van der Waals surface area contributed by atoms with Gasteiger partial charge in [0, 0.05) is 0 Å². The molecular weight excluding hydrogens is 727 g/mol. The Morgan fingerprint density at radius 3 is 1.74 bits per heavy atom. The summed E-state index contributed by atoms with van der Waals surface area (Å²) < 4.78 is 1.42. The van der Waals surface area contributed by atoms with Gasteiger partial charge >= 0.3 is 99.2 Å². The van der Waals surface area contributed by atoms with Crippen LogP contribution in [0.2, 0.25) is 0 Å². The van der Waals surface area contributed by atoms with Crippen LogP contribution in [0.15, 0.2) is 109 Å². The summed E-state index contributed by atoms with van der Waals surface area (Å²) in [6.45, 7) is 22.6. The van der Waals surface area contributed by atoms with Gasteiger partial charge in [-0.25, -0.2) is 6.08 Å². The third-order valence-corrected chi connectivity index (χ3v) is 10.6. The zero-order valence-corrected chi connectivity index (χ0v) is 35.9. The molecule has 4 aromatic carbocycles. The van der Waals surface area contributed by atoms with Crippen molar-refractivity contribution >= 4 is 3.21 Å². The maximum absolute atomic E-state index is 3.67. The molecule has 1 unspecified atom stereocenters. The average molecular weight is 783 g/mol. The first-order valence-corrected chi connectivity index (χ1v) is 19.0. The van der Waals surface area contributed by atoms with E-state index in [4.69, 9.17) is 0 Å². The van der Waals surface area contributed by atoms with Crippen LogP contribution in [0, 0.1) is 23.5 Å². The fourth-order valence-electron chi connectivity index (χ4n) is 5.97. The van der Waals surface area contributed by atoms with E-state index in [1.54, 1.807) is 0 Å². The van der Waals surface area contributed by atoms with Gasteiger partial charge in [-0.3, -0.25) is 6.08 Å². The number of unbranched alkanes of at least 4 members (excludes halogenated alkanes) is 1. The van der Waals surface area contributed by atoms with Crippen molar-refractivity contribution in [3.05, 3.63) is 154 Å². The van der Waals surface area contributed by atoms with Gasteiger partial charge in [0.15, 0.2) is 0 Å². The van der Waals surface area contributed by atoms with Gasteiger partial charge in [-0.05, 0) is 28.4 Å². The van der Waals surface area contributed by atoms with Crippen molar-refractivity contribution in [2.75, 3.05) is 0 Å². The van der Waals surface area contributed by atoms with Crippen LogP contribution < -0.4 is 24.8 Å². The van der Waals surface area contributed by atoms with Crippen molar-refractivity contribution in [3.8, 4) is 11.1 Å². The fourth-order valence-corrected chi connectivity index (χ4v) is 6.79. The second-order valence-corrected chi connectivity index (χ2v) is 17.6. The Hall–Kier alpha value is -2.31. The molecule has 0 amide bonds. The van der Waals surface area contributed by atoms with Crippen molar-refractivity contribution < 1.29 is 49.0 Å². The van der Waals surface area contributed by atoms with Gasteiger partial charge in [-0.1, -0.05) is 124 Å². The summed E-state index contributed by atoms with van der Waals surface area (Å²) in [5, 5.41) is 0. The molecule has 0 fully saturated rings. The van der Waals surface area contributed by atoms with Crippen LogP contribution >= 0.6 is 0 Å². The summed E-state index contributed by atoms with van der Waals surface area (Å²) in [5.41, 5.74) is 13.1. The van der Waals surface area contributed by atoms with Gasteiger partial charge < -0.3 is 24.8 Å². The SMILES string of the molecule is CC(C)(C)c1[c-]c2c(cc1)-c1ccc(C(C)(C)C)cc1C2.CCCCC1[C-]=CC(C(C)(C)C)=C1.[Cl-].[Cl-].[Zr+2]=[C](c1ccccc1)c1ccccc1. The summed E-state index contributed by atoms with van der Waals surface area (Å²) in [6, 6.07) is 36.3. The summed E-state index contributed by atoms with van der Waals surface area (Å²) in [5.74, 6) is 0.592. The molecule has 6 rings (SSSR count). The van der Waals surface area contributed by atoms with Crippen LogP contribution in [0.25, 0.3) is 11.1 Å². The molecule has 0 spiro atoms. The molecule has 264 valence electrons. The predicted octanol–water partition coefficient (Wildman–Crippen LogP) is 6.60. The van der Waals surface area contributed by atoms with E-state index >= 15 is 0 Å². The second kappa shape index (κ2) is 19.0. The summed E-state index contributed by atoms with van der Waals surface area (Å²) in [7, 11) is 0. The molecule has 0 nitrogen and oxygen atoms in total. The number of benzene rings is 4. The molecule has 3 heteroatoms. The first kappa shape index (κ1) is 43.9. The molecule has 0 bridgehead atoms. The van der Waals surface area contributed by atoms with E-state index in [1.807, 2.05) is 0 Å². The molecule has 0 radical (unpaired) electrons. The van der Waals surface area contributed by atoms with Crippen LogP contribution in [-0.4, -0.2) is 3.21 Å². The topological polar surface area (TPSA) is 0 Å². The Labute approximate surface area is 332 Å². The Morgan fingerprint density at radius 2 is 1.26 bits per heavy atom. The molecule has 0 heterocycles. The summed E-state index contributed by atoms with van der Waals surface area (Å²) in [6.07, 6.45) is 12.9. The van der Waals surface area contributed by atoms with Gasteiger partial charge in [0.05, 0.1) is 0 Å². The molecule has 0 saturated carbocycles. The molecule has 0 saturated heterocycles. The standard InChI is InChI=1S/C21H25.C13H10.C13H21.2ClH.Zr/c1-20(2,3)16-7-9-18-14(12-16)11-15-13-17(21(4,5)6)8-10-19(15)18;1-3-7-12(8-4-1)11-13-9-5-2-6-10-13;1-5-6-7-11-8-9-12(10-11)13(2,3)4;;;/h7-10,12H,11H2,1-6H3;1-10H;9-11H,5-7H2,1-4H3;2*1H;/q-1;;-1;;;+2/p-2. The van der Waals surface area contributed by atoms with Crippen LogP contribution in [0.4, 0.5) is 0 Å². The number of rotatable bonds is 5. The van der Waals surface area contributed by atoms with E-state index < -0.39 is 0 Å². The zero-order valence-electron chi connectivity index (χ0n) is 32.0. The van der Waals surface area contributed by atoms with E-state index in [0.29, 0.717) is 11.3 Å². The van der Waals surface area contributed by atoms with Crippen molar-refractivity contribution in [3.63, 3.8) is 0 Å². The summed E-state index contributed by atoms with van der Waals surface area (Å²) in [4.78, 5) is 0. The van der Waals surface area contributed by atoms with E-state index in [2.05, 4.69) is 185 Å². The monoisotopic (exact) mass is 780 g/mol. The Balaban J connectivity index is 0.000000265. The third kappa shape index (κ3) is 12.1. The van der Waals surface area contributed by atoms with Crippen molar-refractivity contribution in [1.29, 1.82) is 0 Å². The molecule has 1 atom stereocenters. The molecule has 0 aromatic heterocycles. The van der Waals surface area contributed by atoms with Crippen molar-refractivity contribution in [2.45, 2.75) is 106 Å². The van der Waals surface area contributed by atoms with E-state index in [-0.39, 0.29) is 35.6 Å². The van der Waals surface area contributed by atoms with Gasteiger partial charge in [-0.2, -0.15) is 35.4 Å². The van der Waals surface area contributed by atoms with Crippen molar-refractivity contribution in [1.82, 2.24) is 0 Å². The maximum atomic E-state index is 3.67. The van der Waals surface area contributed by atoms with Gasteiger partial charge in [0.25, 0.3) is 0 Å². The first-order chi connectivity index (χ1) is 22.6. The Bertz CT molecular complexity index is 1620. The number of hydrogen-bond acceptors (Lipinski definition) is 0.